The standard InChI is InChI=1S/C16H29N5O3S.HI/c1-14(2)13-24-11-5-8-19-16(17-3)20-9-10-21-25(22,23)15-6-4-7-18-12-15;/h4,6-7,12,14,21H,5,8-11,13H2,1-3H3,(H2,17,19,20);1H. The van der Waals surface area contributed by atoms with Crippen molar-refractivity contribution in [3.8, 4) is 0 Å². The molecule has 3 N–H and O–H groups in total. The first-order chi connectivity index (χ1) is 12.0. The smallest absolute Gasteiger partial charge is 0.242 e. The Balaban J connectivity index is 0.00000625. The molecule has 0 aliphatic carbocycles. The van der Waals surface area contributed by atoms with E-state index in [9.17, 15) is 8.42 Å². The lowest BCUT2D eigenvalue weighted by molar-refractivity contribution is 0.108. The van der Waals surface area contributed by atoms with Crippen LogP contribution in [-0.4, -0.2) is 59.3 Å². The summed E-state index contributed by atoms with van der Waals surface area (Å²) in [6, 6.07) is 3.09. The van der Waals surface area contributed by atoms with Gasteiger partial charge in [0.2, 0.25) is 10.0 Å². The number of hydrogen-bond acceptors (Lipinski definition) is 5. The van der Waals surface area contributed by atoms with E-state index in [1.807, 2.05) is 0 Å². The molecular weight excluding hydrogens is 469 g/mol. The first-order valence-electron chi connectivity index (χ1n) is 8.37. The number of sulfonamides is 1. The minimum Gasteiger partial charge on any atom is -0.381 e. The van der Waals surface area contributed by atoms with Crippen LogP contribution in [0.15, 0.2) is 34.4 Å². The lowest BCUT2D eigenvalue weighted by Crippen LogP contribution is -2.42. The van der Waals surface area contributed by atoms with Crippen molar-refractivity contribution in [2.75, 3.05) is 39.9 Å². The lowest BCUT2D eigenvalue weighted by atomic mass is 10.2. The normalized spacial score (nSPS) is 11.9. The van der Waals surface area contributed by atoms with Gasteiger partial charge in [-0.1, -0.05) is 13.8 Å². The Kier molecular flexibility index (Phi) is 13.6. The van der Waals surface area contributed by atoms with Crippen molar-refractivity contribution < 1.29 is 13.2 Å². The summed E-state index contributed by atoms with van der Waals surface area (Å²) in [6.07, 6.45) is 3.72. The summed E-state index contributed by atoms with van der Waals surface area (Å²) >= 11 is 0. The monoisotopic (exact) mass is 499 g/mol. The number of nitrogens with one attached hydrogen (secondary N) is 3. The van der Waals surface area contributed by atoms with E-state index >= 15 is 0 Å². The molecule has 0 bridgehead atoms. The van der Waals surface area contributed by atoms with Gasteiger partial charge < -0.3 is 15.4 Å². The molecule has 0 spiro atoms. The van der Waals surface area contributed by atoms with Crippen molar-refractivity contribution in [1.29, 1.82) is 0 Å². The number of aliphatic imine (C=N–C) groups is 1. The molecular formula is C16H30IN5O3S. The van der Waals surface area contributed by atoms with Crippen LogP contribution in [0.25, 0.3) is 0 Å². The molecule has 8 nitrogen and oxygen atoms in total. The van der Waals surface area contributed by atoms with E-state index in [0.29, 0.717) is 25.0 Å². The van der Waals surface area contributed by atoms with Crippen LogP contribution in [0.1, 0.15) is 20.3 Å². The summed E-state index contributed by atoms with van der Waals surface area (Å²) in [5.41, 5.74) is 0. The van der Waals surface area contributed by atoms with Gasteiger partial charge in [0.15, 0.2) is 5.96 Å². The molecule has 0 atom stereocenters. The molecule has 0 saturated carbocycles. The van der Waals surface area contributed by atoms with Gasteiger partial charge in [0.05, 0.1) is 0 Å². The third-order valence-corrected chi connectivity index (χ3v) is 4.53. The fourth-order valence-corrected chi connectivity index (χ4v) is 2.87. The van der Waals surface area contributed by atoms with Crippen LogP contribution in [0, 0.1) is 5.92 Å². The van der Waals surface area contributed by atoms with Gasteiger partial charge in [-0.2, -0.15) is 0 Å². The van der Waals surface area contributed by atoms with Gasteiger partial charge in [-0.05, 0) is 24.5 Å². The van der Waals surface area contributed by atoms with Crippen LogP contribution < -0.4 is 15.4 Å². The van der Waals surface area contributed by atoms with Gasteiger partial charge in [-0.25, -0.2) is 13.1 Å². The summed E-state index contributed by atoms with van der Waals surface area (Å²) in [5, 5.41) is 6.22. The number of hydrogen-bond donors (Lipinski definition) is 3. The van der Waals surface area contributed by atoms with Crippen LogP contribution in [0.4, 0.5) is 0 Å². The highest BCUT2D eigenvalue weighted by molar-refractivity contribution is 14.0. The molecule has 0 unspecified atom stereocenters. The maximum Gasteiger partial charge on any atom is 0.242 e. The van der Waals surface area contributed by atoms with Gasteiger partial charge in [0, 0.05) is 52.3 Å². The number of ether oxygens (including phenoxy) is 1. The molecule has 0 aliphatic heterocycles. The quantitative estimate of drug-likeness (QED) is 0.183. The highest BCUT2D eigenvalue weighted by Gasteiger charge is 2.12. The molecule has 1 rings (SSSR count). The zero-order chi connectivity index (χ0) is 18.5. The maximum atomic E-state index is 12.0. The molecule has 1 aromatic heterocycles. The number of halogens is 1. The fraction of sp³-hybridized carbons (Fsp3) is 0.625. The molecule has 1 aromatic rings. The minimum atomic E-state index is -3.53. The Labute approximate surface area is 173 Å². The van der Waals surface area contributed by atoms with Crippen molar-refractivity contribution >= 4 is 40.0 Å². The summed E-state index contributed by atoms with van der Waals surface area (Å²) in [7, 11) is -1.86. The highest BCUT2D eigenvalue weighted by Crippen LogP contribution is 2.04. The summed E-state index contributed by atoms with van der Waals surface area (Å²) in [4.78, 5) is 8.06. The zero-order valence-corrected chi connectivity index (χ0v) is 18.7. The third-order valence-electron chi connectivity index (χ3n) is 3.09. The zero-order valence-electron chi connectivity index (χ0n) is 15.6. The second-order valence-corrected chi connectivity index (χ2v) is 7.60. The van der Waals surface area contributed by atoms with E-state index < -0.39 is 10.0 Å². The van der Waals surface area contributed by atoms with Gasteiger partial charge in [-0.3, -0.25) is 9.98 Å². The summed E-state index contributed by atoms with van der Waals surface area (Å²) < 4.78 is 32.1. The second-order valence-electron chi connectivity index (χ2n) is 5.83. The van der Waals surface area contributed by atoms with Crippen LogP contribution >= 0.6 is 24.0 Å². The molecule has 150 valence electrons. The lowest BCUT2D eigenvalue weighted by Gasteiger charge is -2.13. The Bertz CT molecular complexity index is 612. The Morgan fingerprint density at radius 2 is 2.00 bits per heavy atom. The molecule has 0 aliphatic rings. The predicted octanol–water partition coefficient (Wildman–Crippen LogP) is 1.21. The van der Waals surface area contributed by atoms with Crippen molar-refractivity contribution in [3.05, 3.63) is 24.5 Å². The van der Waals surface area contributed by atoms with Crippen LogP contribution in [0.2, 0.25) is 0 Å². The number of rotatable bonds is 11. The second kappa shape index (κ2) is 14.1. The molecule has 10 heteroatoms. The number of guanidine groups is 1. The molecule has 26 heavy (non-hydrogen) atoms. The number of pyridine rings is 1. The van der Waals surface area contributed by atoms with Crippen LogP contribution in [0.5, 0.6) is 0 Å². The van der Waals surface area contributed by atoms with E-state index in [0.717, 1.165) is 19.6 Å². The minimum absolute atomic E-state index is 0. The average Bonchev–Trinajstić information content (AvgIpc) is 2.60. The van der Waals surface area contributed by atoms with E-state index in [2.05, 4.69) is 39.2 Å². The summed E-state index contributed by atoms with van der Waals surface area (Å²) in [6.45, 7) is 7.11. The number of nitrogens with zero attached hydrogens (tertiary/aromatic N) is 2. The average molecular weight is 499 g/mol. The molecule has 0 saturated heterocycles. The van der Waals surface area contributed by atoms with Gasteiger partial charge in [0.1, 0.15) is 4.90 Å². The molecule has 0 amide bonds. The number of aromatic nitrogens is 1. The van der Waals surface area contributed by atoms with Crippen molar-refractivity contribution in [2.45, 2.75) is 25.2 Å². The van der Waals surface area contributed by atoms with Gasteiger partial charge >= 0.3 is 0 Å². The largest absolute Gasteiger partial charge is 0.381 e. The topological polar surface area (TPSA) is 105 Å². The van der Waals surface area contributed by atoms with E-state index in [1.165, 1.54) is 18.5 Å². The molecule has 1 heterocycles. The van der Waals surface area contributed by atoms with E-state index in [4.69, 9.17) is 4.74 Å². The SMILES string of the molecule is CN=C(NCCCOCC(C)C)NCCNS(=O)(=O)c1cccnc1.I. The predicted molar refractivity (Wildman–Crippen MR) is 114 cm³/mol. The Morgan fingerprint density at radius 3 is 2.62 bits per heavy atom. The maximum absolute atomic E-state index is 12.0. The Hall–Kier alpha value is -0.980. The fourth-order valence-electron chi connectivity index (χ4n) is 1.88. The third kappa shape index (κ3) is 10.9. The van der Waals surface area contributed by atoms with E-state index in [-0.39, 0.29) is 35.4 Å². The van der Waals surface area contributed by atoms with Crippen molar-refractivity contribution in [2.24, 2.45) is 10.9 Å². The first-order valence-corrected chi connectivity index (χ1v) is 9.86. The van der Waals surface area contributed by atoms with Crippen molar-refractivity contribution in [3.63, 3.8) is 0 Å². The Morgan fingerprint density at radius 1 is 1.27 bits per heavy atom. The van der Waals surface area contributed by atoms with Crippen LogP contribution in [-0.2, 0) is 14.8 Å². The molecule has 0 fully saturated rings. The first kappa shape index (κ1) is 25.0. The van der Waals surface area contributed by atoms with Gasteiger partial charge in [0.25, 0.3) is 0 Å². The van der Waals surface area contributed by atoms with E-state index in [1.54, 1.807) is 13.1 Å². The van der Waals surface area contributed by atoms with Gasteiger partial charge in [-0.15, -0.1) is 24.0 Å². The summed E-state index contributed by atoms with van der Waals surface area (Å²) in [5.74, 6) is 1.17. The van der Waals surface area contributed by atoms with Crippen LogP contribution in [0.3, 0.4) is 0 Å². The molecule has 0 aromatic carbocycles. The molecule has 0 radical (unpaired) electrons. The highest BCUT2D eigenvalue weighted by atomic mass is 127. The van der Waals surface area contributed by atoms with Crippen molar-refractivity contribution in [1.82, 2.24) is 20.3 Å².